The topological polar surface area (TPSA) is 53.6 Å². The lowest BCUT2D eigenvalue weighted by atomic mass is 10.2. The van der Waals surface area contributed by atoms with Gasteiger partial charge in [-0.1, -0.05) is 30.3 Å². The molecular formula is C15H16N4. The smallest absolute Gasteiger partial charge is 0.163 e. The first-order valence-corrected chi connectivity index (χ1v) is 6.44. The van der Waals surface area contributed by atoms with E-state index in [4.69, 9.17) is 0 Å². The van der Waals surface area contributed by atoms with Gasteiger partial charge >= 0.3 is 0 Å². The molecule has 0 unspecified atom stereocenters. The minimum absolute atomic E-state index is 0.742. The Kier molecular flexibility index (Phi) is 2.91. The van der Waals surface area contributed by atoms with Crippen LogP contribution in [0.3, 0.4) is 0 Å². The van der Waals surface area contributed by atoms with Gasteiger partial charge in [0.05, 0.1) is 5.39 Å². The first-order valence-electron chi connectivity index (χ1n) is 6.44. The number of hydrogen-bond donors (Lipinski definition) is 2. The van der Waals surface area contributed by atoms with E-state index < -0.39 is 0 Å². The Hall–Kier alpha value is -2.36. The maximum atomic E-state index is 4.63. The van der Waals surface area contributed by atoms with E-state index in [-0.39, 0.29) is 0 Å². The molecule has 19 heavy (non-hydrogen) atoms. The number of nitrogens with zero attached hydrogens (tertiary/aromatic N) is 2. The van der Waals surface area contributed by atoms with Crippen LogP contribution in [-0.4, -0.2) is 21.5 Å². The van der Waals surface area contributed by atoms with Crippen LogP contribution in [0, 0.1) is 6.92 Å². The fourth-order valence-corrected chi connectivity index (χ4v) is 2.16. The number of rotatable bonds is 3. The van der Waals surface area contributed by atoms with E-state index in [1.165, 1.54) is 0 Å². The van der Waals surface area contributed by atoms with Crippen LogP contribution >= 0.6 is 0 Å². The highest BCUT2D eigenvalue weighted by Gasteiger charge is 2.10. The largest absolute Gasteiger partial charge is 0.370 e. The van der Waals surface area contributed by atoms with Crippen LogP contribution in [0.2, 0.25) is 0 Å². The highest BCUT2D eigenvalue weighted by Crippen LogP contribution is 2.25. The predicted octanol–water partition coefficient (Wildman–Crippen LogP) is 3.37. The lowest BCUT2D eigenvalue weighted by molar-refractivity contribution is 1.14. The molecule has 4 heteroatoms. The van der Waals surface area contributed by atoms with Crippen LogP contribution in [0.1, 0.15) is 12.6 Å². The van der Waals surface area contributed by atoms with Crippen LogP contribution in [0.15, 0.2) is 36.4 Å². The molecule has 0 saturated carbocycles. The van der Waals surface area contributed by atoms with Gasteiger partial charge in [0.25, 0.3) is 0 Å². The fraction of sp³-hybridized carbons (Fsp3) is 0.200. The third kappa shape index (κ3) is 2.17. The molecule has 0 fully saturated rings. The summed E-state index contributed by atoms with van der Waals surface area (Å²) < 4.78 is 0. The number of benzene rings is 1. The van der Waals surface area contributed by atoms with Crippen molar-refractivity contribution < 1.29 is 0 Å². The zero-order valence-electron chi connectivity index (χ0n) is 11.1. The van der Waals surface area contributed by atoms with E-state index in [2.05, 4.69) is 33.3 Å². The fourth-order valence-electron chi connectivity index (χ4n) is 2.16. The molecule has 2 N–H and O–H groups in total. The molecule has 2 aromatic heterocycles. The average Bonchev–Trinajstić information content (AvgIpc) is 2.80. The first kappa shape index (κ1) is 11.7. The molecule has 2 heterocycles. The minimum atomic E-state index is 0.742. The van der Waals surface area contributed by atoms with Gasteiger partial charge < -0.3 is 10.3 Å². The van der Waals surface area contributed by atoms with Gasteiger partial charge in [-0.2, -0.15) is 0 Å². The molecule has 3 rings (SSSR count). The molecule has 0 amide bonds. The molecule has 1 aromatic carbocycles. The van der Waals surface area contributed by atoms with E-state index in [1.54, 1.807) is 0 Å². The number of H-pyrrole nitrogens is 1. The van der Waals surface area contributed by atoms with E-state index in [0.717, 1.165) is 40.5 Å². The predicted molar refractivity (Wildman–Crippen MR) is 78.2 cm³/mol. The van der Waals surface area contributed by atoms with Gasteiger partial charge in [0.15, 0.2) is 5.82 Å². The van der Waals surface area contributed by atoms with Gasteiger partial charge in [-0.15, -0.1) is 0 Å². The molecule has 0 aliphatic heterocycles. The molecule has 0 aliphatic carbocycles. The van der Waals surface area contributed by atoms with Gasteiger partial charge in [0, 0.05) is 17.8 Å². The van der Waals surface area contributed by atoms with Gasteiger partial charge in [0.1, 0.15) is 11.5 Å². The number of aromatic nitrogens is 3. The van der Waals surface area contributed by atoms with Crippen molar-refractivity contribution >= 4 is 16.9 Å². The van der Waals surface area contributed by atoms with E-state index >= 15 is 0 Å². The molecule has 0 radical (unpaired) electrons. The minimum Gasteiger partial charge on any atom is -0.370 e. The van der Waals surface area contributed by atoms with Crippen molar-refractivity contribution in [3.63, 3.8) is 0 Å². The summed E-state index contributed by atoms with van der Waals surface area (Å²) in [6.45, 7) is 4.93. The standard InChI is InChI=1S/C15H16N4/c1-3-16-14-12-9-10(2)17-15(12)19-13(18-14)11-7-5-4-6-8-11/h4-9H,3H2,1-2H3,(H2,16,17,18,19). The van der Waals surface area contributed by atoms with Gasteiger partial charge in [0.2, 0.25) is 0 Å². The summed E-state index contributed by atoms with van der Waals surface area (Å²) in [6.07, 6.45) is 0. The number of hydrogen-bond acceptors (Lipinski definition) is 3. The summed E-state index contributed by atoms with van der Waals surface area (Å²) in [5, 5.41) is 4.34. The molecule has 0 spiro atoms. The van der Waals surface area contributed by atoms with Crippen molar-refractivity contribution in [1.29, 1.82) is 0 Å². The highest BCUT2D eigenvalue weighted by molar-refractivity contribution is 5.89. The van der Waals surface area contributed by atoms with Gasteiger partial charge in [-0.3, -0.25) is 0 Å². The van der Waals surface area contributed by atoms with E-state index in [9.17, 15) is 0 Å². The van der Waals surface area contributed by atoms with Crippen molar-refractivity contribution in [3.8, 4) is 11.4 Å². The molecule has 0 aliphatic rings. The Bertz CT molecular complexity index is 701. The van der Waals surface area contributed by atoms with Crippen LogP contribution in [0.5, 0.6) is 0 Å². The van der Waals surface area contributed by atoms with E-state index in [1.807, 2.05) is 37.3 Å². The third-order valence-electron chi connectivity index (χ3n) is 3.00. The SMILES string of the molecule is CCNc1nc(-c2ccccc2)nc2[nH]c(C)cc12. The maximum Gasteiger partial charge on any atom is 0.163 e. The summed E-state index contributed by atoms with van der Waals surface area (Å²) in [5.41, 5.74) is 2.99. The van der Waals surface area contributed by atoms with E-state index in [0.29, 0.717) is 0 Å². The van der Waals surface area contributed by atoms with Crippen LogP contribution in [-0.2, 0) is 0 Å². The zero-order chi connectivity index (χ0) is 13.2. The zero-order valence-corrected chi connectivity index (χ0v) is 11.1. The average molecular weight is 252 g/mol. The summed E-state index contributed by atoms with van der Waals surface area (Å²) in [4.78, 5) is 12.5. The Morgan fingerprint density at radius 1 is 1.16 bits per heavy atom. The summed E-state index contributed by atoms with van der Waals surface area (Å²) >= 11 is 0. The Morgan fingerprint density at radius 3 is 2.68 bits per heavy atom. The van der Waals surface area contributed by atoms with Gasteiger partial charge in [-0.25, -0.2) is 9.97 Å². The van der Waals surface area contributed by atoms with Crippen molar-refractivity contribution in [1.82, 2.24) is 15.0 Å². The lowest BCUT2D eigenvalue weighted by Crippen LogP contribution is -2.02. The Labute approximate surface area is 111 Å². The van der Waals surface area contributed by atoms with Crippen LogP contribution in [0.25, 0.3) is 22.4 Å². The number of nitrogens with one attached hydrogen (secondary N) is 2. The van der Waals surface area contributed by atoms with Crippen molar-refractivity contribution in [2.75, 3.05) is 11.9 Å². The molecule has 4 nitrogen and oxygen atoms in total. The summed E-state index contributed by atoms with van der Waals surface area (Å²) in [6, 6.07) is 12.1. The number of fused-ring (bicyclic) bond motifs is 1. The number of aryl methyl sites for hydroxylation is 1. The third-order valence-corrected chi connectivity index (χ3v) is 3.00. The molecule has 96 valence electrons. The summed E-state index contributed by atoms with van der Waals surface area (Å²) in [5.74, 6) is 1.63. The Balaban J connectivity index is 2.21. The molecule has 0 bridgehead atoms. The molecule has 3 aromatic rings. The van der Waals surface area contributed by atoms with Crippen LogP contribution < -0.4 is 5.32 Å². The second kappa shape index (κ2) is 4.72. The second-order valence-corrected chi connectivity index (χ2v) is 4.51. The van der Waals surface area contributed by atoms with Gasteiger partial charge in [-0.05, 0) is 19.9 Å². The monoisotopic (exact) mass is 252 g/mol. The quantitative estimate of drug-likeness (QED) is 0.751. The first-order chi connectivity index (χ1) is 9.28. The molecular weight excluding hydrogens is 236 g/mol. The van der Waals surface area contributed by atoms with Crippen molar-refractivity contribution in [2.45, 2.75) is 13.8 Å². The lowest BCUT2D eigenvalue weighted by Gasteiger charge is -2.06. The summed E-state index contributed by atoms with van der Waals surface area (Å²) in [7, 11) is 0. The normalized spacial score (nSPS) is 10.8. The number of anilines is 1. The van der Waals surface area contributed by atoms with Crippen molar-refractivity contribution in [3.05, 3.63) is 42.1 Å². The number of aromatic amines is 1. The second-order valence-electron chi connectivity index (χ2n) is 4.51. The van der Waals surface area contributed by atoms with Crippen LogP contribution in [0.4, 0.5) is 5.82 Å². The van der Waals surface area contributed by atoms with Crippen molar-refractivity contribution in [2.24, 2.45) is 0 Å². The maximum absolute atomic E-state index is 4.63. The molecule has 0 atom stereocenters. The Morgan fingerprint density at radius 2 is 1.95 bits per heavy atom. The highest BCUT2D eigenvalue weighted by atomic mass is 15.1. The molecule has 0 saturated heterocycles.